The summed E-state index contributed by atoms with van der Waals surface area (Å²) < 4.78 is 0. The summed E-state index contributed by atoms with van der Waals surface area (Å²) in [6.07, 6.45) is 15.0. The number of hydrogen-bond acceptors (Lipinski definition) is 0. The Bertz CT molecular complexity index is 43.0. The molecule has 12 heavy (non-hydrogen) atoms. The molecule has 0 aliphatic heterocycles. The lowest BCUT2D eigenvalue weighted by Crippen LogP contribution is -1.47. The fraction of sp³-hybridized carbons (Fsp3) is 1.00. The van der Waals surface area contributed by atoms with Crippen molar-refractivity contribution >= 4 is 20.6 Å². The van der Waals surface area contributed by atoms with Crippen LogP contribution in [0.4, 0.5) is 0 Å². The molecule has 0 spiro atoms. The predicted octanol–water partition coefficient (Wildman–Crippen LogP) is 3.41. The Hall–Kier alpha value is 0.507. The minimum atomic E-state index is 0.778. The molecule has 0 N–H and O–H groups in total. The fourth-order valence-electron chi connectivity index (χ4n) is 1.77. The van der Waals surface area contributed by atoms with Crippen LogP contribution in [0.3, 0.4) is 0 Å². The lowest BCUT2D eigenvalue weighted by molar-refractivity contribution is 0.886. The van der Waals surface area contributed by atoms with Gasteiger partial charge in [0.2, 0.25) is 0 Å². The first kappa shape index (κ1) is 12.5. The maximum absolute atomic E-state index is 4.78. The molecule has 0 saturated heterocycles. The van der Waals surface area contributed by atoms with Gasteiger partial charge in [-0.1, -0.05) is 64.2 Å². The molecule has 0 unspecified atom stereocenters. The topological polar surface area (TPSA) is 0 Å². The summed E-state index contributed by atoms with van der Waals surface area (Å²) in [7, 11) is 0.778. The van der Waals surface area contributed by atoms with Gasteiger partial charge in [-0.15, -0.1) is 0 Å². The average Bonchev–Trinajstić information content (AvgIpc) is 2.87. The fourth-order valence-corrected chi connectivity index (χ4v) is 1.77. The lowest BCUT2D eigenvalue weighted by Gasteiger charge is -1.67. The molecule has 2 fully saturated rings. The molecule has 2 heteroatoms. The van der Waals surface area contributed by atoms with Crippen molar-refractivity contribution in [2.45, 2.75) is 64.2 Å². The number of hydrogen-bond donors (Lipinski definition) is 0. The monoisotopic (exact) mass is 206 g/mol. The molecule has 0 nitrogen and oxygen atoms in total. The van der Waals surface area contributed by atoms with Gasteiger partial charge in [-0.2, -0.15) is 11.1 Å². The molecule has 2 aliphatic rings. The van der Waals surface area contributed by atoms with Gasteiger partial charge in [0.1, 0.15) is 9.55 Å². The standard InChI is InChI=1S/2C5H10.ClH3Si/c2*1-2-4-5-3-1;1-2/h2*1-5H2;2H3. The van der Waals surface area contributed by atoms with Gasteiger partial charge in [0, 0.05) is 0 Å². The summed E-state index contributed by atoms with van der Waals surface area (Å²) in [6, 6.07) is 0. The van der Waals surface area contributed by atoms with Gasteiger partial charge in [-0.05, 0) is 0 Å². The summed E-state index contributed by atoms with van der Waals surface area (Å²) in [5, 5.41) is 0. The SMILES string of the molecule is C1CCCC1.C1CCCC1.[SiH3]Cl. The smallest absolute Gasteiger partial charge is 0.109 e. The molecule has 74 valence electrons. The van der Waals surface area contributed by atoms with Gasteiger partial charge < -0.3 is 0 Å². The zero-order valence-corrected chi connectivity index (χ0v) is 11.2. The van der Waals surface area contributed by atoms with Crippen molar-refractivity contribution in [3.05, 3.63) is 0 Å². The normalized spacial score (nSPS) is 20.8. The Morgan fingerprint density at radius 3 is 0.583 bits per heavy atom. The lowest BCUT2D eigenvalue weighted by atomic mass is 10.4. The van der Waals surface area contributed by atoms with Gasteiger partial charge in [-0.3, -0.25) is 0 Å². The highest BCUT2D eigenvalue weighted by molar-refractivity contribution is 6.80. The van der Waals surface area contributed by atoms with E-state index in [-0.39, 0.29) is 0 Å². The van der Waals surface area contributed by atoms with Crippen LogP contribution in [-0.2, 0) is 0 Å². The van der Waals surface area contributed by atoms with Gasteiger partial charge in [0.15, 0.2) is 0 Å². The molecule has 0 aromatic carbocycles. The van der Waals surface area contributed by atoms with E-state index in [0.29, 0.717) is 0 Å². The Morgan fingerprint density at radius 1 is 0.417 bits per heavy atom. The Morgan fingerprint density at radius 2 is 0.500 bits per heavy atom. The van der Waals surface area contributed by atoms with Crippen LogP contribution in [0.15, 0.2) is 0 Å². The highest BCUT2D eigenvalue weighted by Crippen LogP contribution is 2.15. The van der Waals surface area contributed by atoms with Crippen molar-refractivity contribution in [1.82, 2.24) is 0 Å². The third kappa shape index (κ3) is 8.60. The zero-order valence-electron chi connectivity index (χ0n) is 8.45. The average molecular weight is 207 g/mol. The molecule has 0 amide bonds. The van der Waals surface area contributed by atoms with E-state index < -0.39 is 0 Å². The second kappa shape index (κ2) is 11.5. The first-order chi connectivity index (χ1) is 6.00. The second-order valence-electron chi connectivity index (χ2n) is 3.54. The van der Waals surface area contributed by atoms with Crippen LogP contribution in [-0.4, -0.2) is 9.55 Å². The van der Waals surface area contributed by atoms with Crippen LogP contribution >= 0.6 is 11.1 Å². The summed E-state index contributed by atoms with van der Waals surface area (Å²) in [6.45, 7) is 0. The van der Waals surface area contributed by atoms with Gasteiger partial charge in [-0.25, -0.2) is 0 Å². The van der Waals surface area contributed by atoms with Crippen LogP contribution in [0.2, 0.25) is 0 Å². The zero-order chi connectivity index (χ0) is 9.07. The van der Waals surface area contributed by atoms with Crippen LogP contribution in [0.1, 0.15) is 64.2 Å². The molecule has 2 saturated carbocycles. The van der Waals surface area contributed by atoms with Crippen molar-refractivity contribution in [2.24, 2.45) is 0 Å². The number of halogens is 1. The molecule has 0 radical (unpaired) electrons. The summed E-state index contributed by atoms with van der Waals surface area (Å²) in [5.74, 6) is 0. The molecule has 0 atom stereocenters. The van der Waals surface area contributed by atoms with Crippen LogP contribution in [0.5, 0.6) is 0 Å². The van der Waals surface area contributed by atoms with Crippen LogP contribution in [0.25, 0.3) is 0 Å². The van der Waals surface area contributed by atoms with E-state index in [1.807, 2.05) is 0 Å². The molecular formula is C10H23ClSi. The first-order valence-electron chi connectivity index (χ1n) is 5.38. The summed E-state index contributed by atoms with van der Waals surface area (Å²) in [4.78, 5) is 0. The largest absolute Gasteiger partial charge is 0.181 e. The van der Waals surface area contributed by atoms with E-state index in [1.54, 1.807) is 0 Å². The van der Waals surface area contributed by atoms with E-state index >= 15 is 0 Å². The quantitative estimate of drug-likeness (QED) is 0.421. The van der Waals surface area contributed by atoms with Gasteiger partial charge in [0.25, 0.3) is 0 Å². The van der Waals surface area contributed by atoms with E-state index in [4.69, 9.17) is 11.1 Å². The minimum absolute atomic E-state index is 0.778. The maximum Gasteiger partial charge on any atom is 0.109 e. The van der Waals surface area contributed by atoms with Crippen molar-refractivity contribution in [1.29, 1.82) is 0 Å². The van der Waals surface area contributed by atoms with Crippen LogP contribution in [0, 0.1) is 0 Å². The van der Waals surface area contributed by atoms with E-state index in [1.165, 1.54) is 64.2 Å². The molecule has 0 heterocycles. The summed E-state index contributed by atoms with van der Waals surface area (Å²) >= 11 is 4.78. The van der Waals surface area contributed by atoms with Gasteiger partial charge in [0.05, 0.1) is 0 Å². The summed E-state index contributed by atoms with van der Waals surface area (Å²) in [5.41, 5.74) is 0. The first-order valence-corrected chi connectivity index (χ1v) is 8.40. The van der Waals surface area contributed by atoms with Crippen LogP contribution < -0.4 is 0 Å². The molecular weight excluding hydrogens is 184 g/mol. The van der Waals surface area contributed by atoms with Crippen molar-refractivity contribution in [3.63, 3.8) is 0 Å². The van der Waals surface area contributed by atoms with Crippen molar-refractivity contribution < 1.29 is 0 Å². The maximum atomic E-state index is 4.78. The highest BCUT2D eigenvalue weighted by atomic mass is 35.6. The molecule has 2 rings (SSSR count). The Kier molecular flexibility index (Phi) is 12.0. The Balaban J connectivity index is 0.000000168. The number of rotatable bonds is 0. The highest BCUT2D eigenvalue weighted by Gasteiger charge is 1.95. The van der Waals surface area contributed by atoms with E-state index in [2.05, 4.69) is 0 Å². The predicted molar refractivity (Wildman–Crippen MR) is 62.0 cm³/mol. The van der Waals surface area contributed by atoms with Gasteiger partial charge >= 0.3 is 0 Å². The second-order valence-corrected chi connectivity index (χ2v) is 3.54. The molecule has 0 aromatic rings. The van der Waals surface area contributed by atoms with E-state index in [0.717, 1.165) is 9.55 Å². The van der Waals surface area contributed by atoms with Crippen molar-refractivity contribution in [2.75, 3.05) is 0 Å². The third-order valence-corrected chi connectivity index (χ3v) is 2.50. The minimum Gasteiger partial charge on any atom is -0.181 e. The Labute approximate surface area is 85.2 Å². The van der Waals surface area contributed by atoms with Crippen molar-refractivity contribution in [3.8, 4) is 0 Å². The molecule has 0 aromatic heterocycles. The molecule has 2 aliphatic carbocycles. The van der Waals surface area contributed by atoms with E-state index in [9.17, 15) is 0 Å². The molecule has 0 bridgehead atoms. The third-order valence-electron chi connectivity index (χ3n) is 2.50.